The van der Waals surface area contributed by atoms with Gasteiger partial charge in [-0.2, -0.15) is 5.10 Å². The average molecular weight is 245 g/mol. The molecule has 0 saturated carbocycles. The molecule has 0 aromatic heterocycles. The summed E-state index contributed by atoms with van der Waals surface area (Å²) >= 11 is 5.74. The van der Waals surface area contributed by atoms with Gasteiger partial charge in [0.1, 0.15) is 0 Å². The monoisotopic (exact) mass is 244 g/mol. The third-order valence-electron chi connectivity index (χ3n) is 1.67. The molecule has 7 heteroatoms. The van der Waals surface area contributed by atoms with E-state index in [4.69, 9.17) is 27.8 Å². The summed E-state index contributed by atoms with van der Waals surface area (Å²) < 4.78 is 18.2. The number of halogens is 2. The Hall–Kier alpha value is -1.82. The topological polar surface area (TPSA) is 86.0 Å². The van der Waals surface area contributed by atoms with Gasteiger partial charge in [0.05, 0.1) is 18.3 Å². The van der Waals surface area contributed by atoms with E-state index in [2.05, 4.69) is 10.2 Å². The van der Waals surface area contributed by atoms with Crippen LogP contribution in [0.4, 0.5) is 4.39 Å². The van der Waals surface area contributed by atoms with Gasteiger partial charge in [-0.05, 0) is 12.1 Å². The summed E-state index contributed by atoms with van der Waals surface area (Å²) in [6.45, 7) is 0. The lowest BCUT2D eigenvalue weighted by atomic mass is 10.2. The van der Waals surface area contributed by atoms with Gasteiger partial charge in [-0.3, -0.25) is 0 Å². The number of nitrogens with two attached hydrogens (primary N) is 2. The Morgan fingerprint density at radius 1 is 1.50 bits per heavy atom. The first-order valence-corrected chi connectivity index (χ1v) is 4.58. The molecule has 1 rings (SSSR count). The van der Waals surface area contributed by atoms with Crippen LogP contribution in [0.5, 0.6) is 5.75 Å². The fourth-order valence-corrected chi connectivity index (χ4v) is 1.17. The third-order valence-corrected chi connectivity index (χ3v) is 2.05. The number of hydrogen-bond acceptors (Lipinski definition) is 3. The van der Waals surface area contributed by atoms with Crippen molar-refractivity contribution in [3.8, 4) is 5.75 Å². The standard InChI is InChI=1S/C9H10ClFN4O/c1-16-6-3-2-5(7(10)8(6)11)4-14-15-9(12)13/h2-4H,1H3,(H4,12,13,15). The number of ether oxygens (including phenoxy) is 1. The minimum Gasteiger partial charge on any atom is -0.494 e. The molecule has 0 unspecified atom stereocenters. The van der Waals surface area contributed by atoms with Crippen LogP contribution in [-0.4, -0.2) is 19.3 Å². The smallest absolute Gasteiger partial charge is 0.211 e. The Bertz CT molecular complexity index is 443. The van der Waals surface area contributed by atoms with Crippen molar-refractivity contribution in [1.29, 1.82) is 0 Å². The number of benzene rings is 1. The summed E-state index contributed by atoms with van der Waals surface area (Å²) in [6.07, 6.45) is 1.24. The molecule has 0 aliphatic heterocycles. The Morgan fingerprint density at radius 2 is 2.19 bits per heavy atom. The zero-order valence-corrected chi connectivity index (χ0v) is 9.20. The van der Waals surface area contributed by atoms with Gasteiger partial charge in [-0.25, -0.2) is 4.39 Å². The molecule has 0 amide bonds. The highest BCUT2D eigenvalue weighted by Crippen LogP contribution is 2.26. The summed E-state index contributed by atoms with van der Waals surface area (Å²) in [5.41, 5.74) is 10.5. The minimum absolute atomic E-state index is 0.0593. The summed E-state index contributed by atoms with van der Waals surface area (Å²) in [4.78, 5) is 0. The molecule has 0 saturated heterocycles. The molecule has 16 heavy (non-hydrogen) atoms. The van der Waals surface area contributed by atoms with Gasteiger partial charge in [-0.15, -0.1) is 5.10 Å². The molecule has 0 aliphatic carbocycles. The van der Waals surface area contributed by atoms with Crippen LogP contribution in [0.2, 0.25) is 5.02 Å². The quantitative estimate of drug-likeness (QED) is 0.474. The van der Waals surface area contributed by atoms with Crippen LogP contribution >= 0.6 is 11.6 Å². The van der Waals surface area contributed by atoms with Crippen molar-refractivity contribution in [2.75, 3.05) is 7.11 Å². The fraction of sp³-hybridized carbons (Fsp3) is 0.111. The molecule has 1 aromatic rings. The van der Waals surface area contributed by atoms with Gasteiger partial charge in [0, 0.05) is 5.56 Å². The maximum atomic E-state index is 13.4. The van der Waals surface area contributed by atoms with Crippen LogP contribution in [0, 0.1) is 5.82 Å². The van der Waals surface area contributed by atoms with Crippen molar-refractivity contribution >= 4 is 23.8 Å². The lowest BCUT2D eigenvalue weighted by Gasteiger charge is -2.04. The van der Waals surface area contributed by atoms with Crippen LogP contribution in [-0.2, 0) is 0 Å². The molecule has 0 fully saturated rings. The molecule has 0 aliphatic rings. The lowest BCUT2D eigenvalue weighted by Crippen LogP contribution is -2.21. The molecule has 5 nitrogen and oxygen atoms in total. The van der Waals surface area contributed by atoms with E-state index in [9.17, 15) is 4.39 Å². The van der Waals surface area contributed by atoms with E-state index in [1.807, 2.05) is 0 Å². The van der Waals surface area contributed by atoms with Crippen molar-refractivity contribution in [2.24, 2.45) is 21.7 Å². The number of guanidine groups is 1. The second kappa shape index (κ2) is 5.32. The van der Waals surface area contributed by atoms with Gasteiger partial charge in [0.15, 0.2) is 11.6 Å². The predicted molar refractivity (Wildman–Crippen MR) is 61.4 cm³/mol. The van der Waals surface area contributed by atoms with Gasteiger partial charge < -0.3 is 16.2 Å². The first kappa shape index (κ1) is 12.3. The normalized spacial score (nSPS) is 10.4. The number of rotatable bonds is 3. The van der Waals surface area contributed by atoms with Gasteiger partial charge in [0.2, 0.25) is 5.96 Å². The van der Waals surface area contributed by atoms with Crippen LogP contribution < -0.4 is 16.2 Å². The summed E-state index contributed by atoms with van der Waals surface area (Å²) in [7, 11) is 1.35. The largest absolute Gasteiger partial charge is 0.494 e. The average Bonchev–Trinajstić information content (AvgIpc) is 2.24. The summed E-state index contributed by atoms with van der Waals surface area (Å²) in [6, 6.07) is 2.97. The first-order chi connectivity index (χ1) is 7.56. The maximum Gasteiger partial charge on any atom is 0.211 e. The van der Waals surface area contributed by atoms with Crippen molar-refractivity contribution in [3.05, 3.63) is 28.5 Å². The van der Waals surface area contributed by atoms with E-state index in [1.165, 1.54) is 25.5 Å². The lowest BCUT2D eigenvalue weighted by molar-refractivity contribution is 0.386. The third kappa shape index (κ3) is 2.83. The molecule has 0 atom stereocenters. The van der Waals surface area contributed by atoms with Gasteiger partial charge in [0.25, 0.3) is 0 Å². The minimum atomic E-state index is -0.655. The van der Waals surface area contributed by atoms with E-state index < -0.39 is 5.82 Å². The van der Waals surface area contributed by atoms with Crippen molar-refractivity contribution in [3.63, 3.8) is 0 Å². The molecule has 0 bridgehead atoms. The zero-order chi connectivity index (χ0) is 12.1. The predicted octanol–water partition coefficient (Wildman–Crippen LogP) is 1.10. The highest BCUT2D eigenvalue weighted by molar-refractivity contribution is 6.33. The van der Waals surface area contributed by atoms with Crippen molar-refractivity contribution in [1.82, 2.24) is 0 Å². The fourth-order valence-electron chi connectivity index (χ4n) is 0.962. The van der Waals surface area contributed by atoms with E-state index in [1.54, 1.807) is 0 Å². The highest BCUT2D eigenvalue weighted by Gasteiger charge is 2.10. The molecule has 0 radical (unpaired) electrons. The second-order valence-corrected chi connectivity index (χ2v) is 3.13. The molecule has 1 aromatic carbocycles. The zero-order valence-electron chi connectivity index (χ0n) is 8.45. The Morgan fingerprint density at radius 3 is 2.75 bits per heavy atom. The Labute approximate surface area is 96.5 Å². The summed E-state index contributed by atoms with van der Waals surface area (Å²) in [5, 5.41) is 6.78. The molecular weight excluding hydrogens is 235 g/mol. The number of methoxy groups -OCH3 is 1. The van der Waals surface area contributed by atoms with Crippen LogP contribution in [0.15, 0.2) is 22.3 Å². The molecular formula is C9H10ClFN4O. The molecule has 0 spiro atoms. The maximum absolute atomic E-state index is 13.4. The van der Waals surface area contributed by atoms with E-state index in [-0.39, 0.29) is 16.7 Å². The van der Waals surface area contributed by atoms with E-state index in [0.29, 0.717) is 5.56 Å². The van der Waals surface area contributed by atoms with E-state index in [0.717, 1.165) is 0 Å². The Balaban J connectivity index is 3.04. The number of nitrogens with zero attached hydrogens (tertiary/aromatic N) is 2. The second-order valence-electron chi connectivity index (χ2n) is 2.75. The molecule has 86 valence electrons. The molecule has 0 heterocycles. The van der Waals surface area contributed by atoms with Crippen molar-refractivity contribution < 1.29 is 9.13 Å². The first-order valence-electron chi connectivity index (χ1n) is 4.20. The van der Waals surface area contributed by atoms with Crippen LogP contribution in [0.1, 0.15) is 5.56 Å². The summed E-state index contributed by atoms with van der Waals surface area (Å²) in [5.74, 6) is -0.789. The van der Waals surface area contributed by atoms with Crippen LogP contribution in [0.3, 0.4) is 0 Å². The number of hydrogen-bond donors (Lipinski definition) is 2. The van der Waals surface area contributed by atoms with Gasteiger partial charge >= 0.3 is 0 Å². The SMILES string of the molecule is COc1ccc(C=NN=C(N)N)c(Cl)c1F. The van der Waals surface area contributed by atoms with Gasteiger partial charge in [-0.1, -0.05) is 11.6 Å². The van der Waals surface area contributed by atoms with Crippen molar-refractivity contribution in [2.45, 2.75) is 0 Å². The van der Waals surface area contributed by atoms with Crippen LogP contribution in [0.25, 0.3) is 0 Å². The van der Waals surface area contributed by atoms with E-state index >= 15 is 0 Å². The highest BCUT2D eigenvalue weighted by atomic mass is 35.5. The molecule has 4 N–H and O–H groups in total. The Kier molecular flexibility index (Phi) is 4.07.